The van der Waals surface area contributed by atoms with Crippen LogP contribution in [0, 0.1) is 5.92 Å². The molecule has 0 amide bonds. The van der Waals surface area contributed by atoms with Gasteiger partial charge in [-0.3, -0.25) is 0 Å². The summed E-state index contributed by atoms with van der Waals surface area (Å²) in [6, 6.07) is 7.49. The molecule has 0 spiro atoms. The molecule has 1 atom stereocenters. The maximum absolute atomic E-state index is 11.4. The highest BCUT2D eigenvalue weighted by Crippen LogP contribution is 2.22. The zero-order chi connectivity index (χ0) is 14.2. The number of anilines is 2. The number of para-hydroxylation sites is 2. The van der Waals surface area contributed by atoms with E-state index in [2.05, 4.69) is 15.3 Å². The molecular formula is C13H16N4O2S. The summed E-state index contributed by atoms with van der Waals surface area (Å²) in [6.07, 6.45) is 0.691. The number of nitrogen functional groups attached to an aromatic ring is 1. The van der Waals surface area contributed by atoms with Gasteiger partial charge in [-0.1, -0.05) is 12.1 Å². The van der Waals surface area contributed by atoms with Crippen molar-refractivity contribution in [2.45, 2.75) is 6.42 Å². The maximum atomic E-state index is 11.4. The van der Waals surface area contributed by atoms with E-state index in [1.54, 1.807) is 0 Å². The van der Waals surface area contributed by atoms with Crippen LogP contribution in [0.3, 0.4) is 0 Å². The summed E-state index contributed by atoms with van der Waals surface area (Å²) in [5.74, 6) is 1.49. The first-order valence-electron chi connectivity index (χ1n) is 6.50. The minimum absolute atomic E-state index is 0.118. The number of aromatic nitrogens is 2. The molecule has 0 radical (unpaired) electrons. The van der Waals surface area contributed by atoms with Crippen LogP contribution in [0.1, 0.15) is 6.42 Å². The zero-order valence-corrected chi connectivity index (χ0v) is 11.7. The number of sulfone groups is 1. The van der Waals surface area contributed by atoms with Crippen LogP contribution >= 0.6 is 0 Å². The standard InChI is InChI=1S/C13H16N4O2S/c14-12-13(15-7-9-5-6-20(18,19)8-9)17-11-4-2-1-3-10(11)16-12/h1-4,9H,5-8H2,(H2,14,16)(H,15,17). The van der Waals surface area contributed by atoms with E-state index >= 15 is 0 Å². The van der Waals surface area contributed by atoms with Crippen molar-refractivity contribution in [3.8, 4) is 0 Å². The van der Waals surface area contributed by atoms with E-state index in [0.717, 1.165) is 11.0 Å². The molecule has 1 fully saturated rings. The summed E-state index contributed by atoms with van der Waals surface area (Å²) in [7, 11) is -2.85. The Morgan fingerprint density at radius 2 is 1.95 bits per heavy atom. The fraction of sp³-hybridized carbons (Fsp3) is 0.385. The molecule has 0 saturated carbocycles. The van der Waals surface area contributed by atoms with E-state index in [9.17, 15) is 8.42 Å². The molecule has 0 aliphatic carbocycles. The lowest BCUT2D eigenvalue weighted by Crippen LogP contribution is -2.17. The average molecular weight is 292 g/mol. The van der Waals surface area contributed by atoms with E-state index in [-0.39, 0.29) is 17.4 Å². The first-order valence-corrected chi connectivity index (χ1v) is 8.32. The summed E-state index contributed by atoms with van der Waals surface area (Å²) in [5.41, 5.74) is 7.39. The van der Waals surface area contributed by atoms with Gasteiger partial charge >= 0.3 is 0 Å². The van der Waals surface area contributed by atoms with Gasteiger partial charge in [0.25, 0.3) is 0 Å². The molecule has 1 saturated heterocycles. The molecule has 2 heterocycles. The second-order valence-electron chi connectivity index (χ2n) is 5.10. The Balaban J connectivity index is 1.76. The molecule has 1 aromatic heterocycles. The number of hydrogen-bond donors (Lipinski definition) is 2. The van der Waals surface area contributed by atoms with Crippen molar-refractivity contribution in [3.05, 3.63) is 24.3 Å². The SMILES string of the molecule is Nc1nc2ccccc2nc1NCC1CCS(=O)(=O)C1. The van der Waals surface area contributed by atoms with Crippen LogP contribution in [0.15, 0.2) is 24.3 Å². The Bertz CT molecular complexity index is 745. The summed E-state index contributed by atoms with van der Waals surface area (Å²) < 4.78 is 22.8. The molecule has 20 heavy (non-hydrogen) atoms. The molecule has 1 unspecified atom stereocenters. The predicted octanol–water partition coefficient (Wildman–Crippen LogP) is 1.06. The van der Waals surface area contributed by atoms with Crippen molar-refractivity contribution >= 4 is 32.5 Å². The molecule has 6 nitrogen and oxygen atoms in total. The van der Waals surface area contributed by atoms with Crippen LogP contribution < -0.4 is 11.1 Å². The molecule has 7 heteroatoms. The van der Waals surface area contributed by atoms with E-state index < -0.39 is 9.84 Å². The van der Waals surface area contributed by atoms with Gasteiger partial charge < -0.3 is 11.1 Å². The first kappa shape index (κ1) is 13.1. The van der Waals surface area contributed by atoms with Crippen molar-refractivity contribution in [1.82, 2.24) is 9.97 Å². The third-order valence-electron chi connectivity index (χ3n) is 3.48. The number of benzene rings is 1. The second-order valence-corrected chi connectivity index (χ2v) is 7.32. The van der Waals surface area contributed by atoms with E-state index in [1.165, 1.54) is 0 Å². The van der Waals surface area contributed by atoms with Gasteiger partial charge in [-0.05, 0) is 24.5 Å². The molecule has 1 aliphatic heterocycles. The normalized spacial score (nSPS) is 21.1. The van der Waals surface area contributed by atoms with Crippen molar-refractivity contribution in [1.29, 1.82) is 0 Å². The topological polar surface area (TPSA) is 98.0 Å². The number of rotatable bonds is 3. The number of nitrogens with two attached hydrogens (primary N) is 1. The third kappa shape index (κ3) is 2.67. The van der Waals surface area contributed by atoms with Gasteiger partial charge in [-0.25, -0.2) is 18.4 Å². The van der Waals surface area contributed by atoms with Gasteiger partial charge in [0.05, 0.1) is 22.5 Å². The van der Waals surface area contributed by atoms with Gasteiger partial charge in [0.1, 0.15) is 0 Å². The minimum Gasteiger partial charge on any atom is -0.381 e. The Kier molecular flexibility index (Phi) is 3.21. The Morgan fingerprint density at radius 3 is 2.60 bits per heavy atom. The molecule has 106 valence electrons. The molecular weight excluding hydrogens is 276 g/mol. The average Bonchev–Trinajstić information content (AvgIpc) is 2.76. The fourth-order valence-corrected chi connectivity index (χ4v) is 4.28. The Labute approximate surface area is 117 Å². The fourth-order valence-electron chi connectivity index (χ4n) is 2.42. The van der Waals surface area contributed by atoms with Gasteiger partial charge in [0.2, 0.25) is 0 Å². The lowest BCUT2D eigenvalue weighted by Gasteiger charge is -2.12. The monoisotopic (exact) mass is 292 g/mol. The predicted molar refractivity (Wildman–Crippen MR) is 79.2 cm³/mol. The van der Waals surface area contributed by atoms with Crippen molar-refractivity contribution in [2.24, 2.45) is 5.92 Å². The van der Waals surface area contributed by atoms with E-state index in [0.29, 0.717) is 24.6 Å². The quantitative estimate of drug-likeness (QED) is 0.877. The molecule has 1 aliphatic rings. The molecule has 0 bridgehead atoms. The van der Waals surface area contributed by atoms with Crippen molar-refractivity contribution in [3.63, 3.8) is 0 Å². The van der Waals surface area contributed by atoms with Crippen LogP contribution in [-0.2, 0) is 9.84 Å². The Hall–Kier alpha value is -1.89. The second kappa shape index (κ2) is 4.90. The van der Waals surface area contributed by atoms with Gasteiger partial charge in [-0.15, -0.1) is 0 Å². The lowest BCUT2D eigenvalue weighted by molar-refractivity contribution is 0.596. The summed E-state index contributed by atoms with van der Waals surface area (Å²) >= 11 is 0. The van der Waals surface area contributed by atoms with E-state index in [4.69, 9.17) is 5.73 Å². The van der Waals surface area contributed by atoms with Crippen LogP contribution in [0.25, 0.3) is 11.0 Å². The number of fused-ring (bicyclic) bond motifs is 1. The first-order chi connectivity index (χ1) is 9.53. The molecule has 1 aromatic carbocycles. The highest BCUT2D eigenvalue weighted by molar-refractivity contribution is 7.91. The highest BCUT2D eigenvalue weighted by Gasteiger charge is 2.27. The summed E-state index contributed by atoms with van der Waals surface area (Å²) in [5, 5.41) is 3.12. The lowest BCUT2D eigenvalue weighted by atomic mass is 10.1. The minimum atomic E-state index is -2.85. The Morgan fingerprint density at radius 1 is 1.25 bits per heavy atom. The van der Waals surface area contributed by atoms with Crippen LogP contribution in [0.2, 0.25) is 0 Å². The zero-order valence-electron chi connectivity index (χ0n) is 10.9. The smallest absolute Gasteiger partial charge is 0.169 e. The third-order valence-corrected chi connectivity index (χ3v) is 5.32. The van der Waals surface area contributed by atoms with E-state index in [1.807, 2.05) is 24.3 Å². The number of nitrogens with zero attached hydrogens (tertiary/aromatic N) is 2. The van der Waals surface area contributed by atoms with Crippen LogP contribution in [0.5, 0.6) is 0 Å². The van der Waals surface area contributed by atoms with Crippen LogP contribution in [0.4, 0.5) is 11.6 Å². The number of hydrogen-bond acceptors (Lipinski definition) is 6. The maximum Gasteiger partial charge on any atom is 0.169 e. The summed E-state index contributed by atoms with van der Waals surface area (Å²) in [4.78, 5) is 8.71. The number of nitrogens with one attached hydrogen (secondary N) is 1. The largest absolute Gasteiger partial charge is 0.381 e. The molecule has 3 rings (SSSR count). The van der Waals surface area contributed by atoms with Gasteiger partial charge in [0, 0.05) is 6.54 Å². The van der Waals surface area contributed by atoms with Crippen LogP contribution in [-0.4, -0.2) is 36.4 Å². The molecule has 2 aromatic rings. The highest BCUT2D eigenvalue weighted by atomic mass is 32.2. The van der Waals surface area contributed by atoms with Crippen molar-refractivity contribution < 1.29 is 8.42 Å². The molecule has 3 N–H and O–H groups in total. The van der Waals surface area contributed by atoms with Gasteiger partial charge in [-0.2, -0.15) is 0 Å². The van der Waals surface area contributed by atoms with Gasteiger partial charge in [0.15, 0.2) is 21.5 Å². The van der Waals surface area contributed by atoms with Crippen molar-refractivity contribution in [2.75, 3.05) is 29.1 Å². The summed E-state index contributed by atoms with van der Waals surface area (Å²) in [6.45, 7) is 0.552.